The molecule has 4 aliphatic rings. The molecular formula is C20H31N3O. The van der Waals surface area contributed by atoms with E-state index in [1.807, 2.05) is 10.9 Å². The number of hydrogen-bond acceptors (Lipinski definition) is 2. The van der Waals surface area contributed by atoms with Crippen LogP contribution in [0.25, 0.3) is 0 Å². The van der Waals surface area contributed by atoms with Gasteiger partial charge in [-0.15, -0.1) is 0 Å². The molecule has 0 saturated heterocycles. The van der Waals surface area contributed by atoms with E-state index in [9.17, 15) is 4.79 Å². The number of carbonyl (C=O) groups is 1. The second-order valence-corrected chi connectivity index (χ2v) is 9.80. The topological polar surface area (TPSA) is 46.9 Å². The molecule has 1 heterocycles. The van der Waals surface area contributed by atoms with Gasteiger partial charge in [0.15, 0.2) is 0 Å². The van der Waals surface area contributed by atoms with Crippen molar-refractivity contribution in [2.24, 2.45) is 22.2 Å². The summed E-state index contributed by atoms with van der Waals surface area (Å²) < 4.78 is 1.97. The van der Waals surface area contributed by atoms with Gasteiger partial charge in [0, 0.05) is 19.3 Å². The number of rotatable bonds is 5. The molecule has 4 saturated carbocycles. The van der Waals surface area contributed by atoms with Crippen molar-refractivity contribution >= 4 is 5.91 Å². The molecule has 0 aromatic carbocycles. The minimum Gasteiger partial charge on any atom is -0.356 e. The van der Waals surface area contributed by atoms with E-state index in [-0.39, 0.29) is 5.41 Å². The third-order valence-electron chi connectivity index (χ3n) is 6.72. The molecular weight excluding hydrogens is 298 g/mol. The number of nitrogens with one attached hydrogen (secondary N) is 1. The summed E-state index contributed by atoms with van der Waals surface area (Å²) in [6.07, 6.45) is 12.2. The van der Waals surface area contributed by atoms with Crippen LogP contribution in [0.2, 0.25) is 0 Å². The lowest BCUT2D eigenvalue weighted by molar-refractivity contribution is -0.170. The summed E-state index contributed by atoms with van der Waals surface area (Å²) >= 11 is 0. The van der Waals surface area contributed by atoms with Gasteiger partial charge in [0.25, 0.3) is 0 Å². The molecule has 2 atom stereocenters. The summed E-state index contributed by atoms with van der Waals surface area (Å²) in [6.45, 7) is 8.55. The molecule has 0 radical (unpaired) electrons. The Bertz CT molecular complexity index is 631. The van der Waals surface area contributed by atoms with E-state index in [0.717, 1.165) is 44.7 Å². The molecule has 4 bridgehead atoms. The maximum absolute atomic E-state index is 13.1. The van der Waals surface area contributed by atoms with E-state index in [1.165, 1.54) is 24.8 Å². The van der Waals surface area contributed by atoms with Crippen molar-refractivity contribution in [2.75, 3.05) is 6.54 Å². The van der Waals surface area contributed by atoms with Crippen LogP contribution < -0.4 is 5.32 Å². The molecule has 24 heavy (non-hydrogen) atoms. The largest absolute Gasteiger partial charge is 0.356 e. The Balaban J connectivity index is 1.36. The van der Waals surface area contributed by atoms with Crippen LogP contribution in [0.5, 0.6) is 0 Å². The van der Waals surface area contributed by atoms with Crippen molar-refractivity contribution in [2.45, 2.75) is 72.3 Å². The average molecular weight is 329 g/mol. The Morgan fingerprint density at radius 1 is 1.25 bits per heavy atom. The molecule has 4 nitrogen and oxygen atoms in total. The highest BCUT2D eigenvalue weighted by Crippen LogP contribution is 2.69. The van der Waals surface area contributed by atoms with Crippen LogP contribution in [0, 0.1) is 29.1 Å². The Hall–Kier alpha value is -1.32. The molecule has 4 heteroatoms. The van der Waals surface area contributed by atoms with Crippen LogP contribution >= 0.6 is 0 Å². The van der Waals surface area contributed by atoms with E-state index in [4.69, 9.17) is 0 Å². The van der Waals surface area contributed by atoms with Crippen LogP contribution in [-0.2, 0) is 11.3 Å². The average Bonchev–Trinajstić information content (AvgIpc) is 2.85. The molecule has 132 valence electrons. The van der Waals surface area contributed by atoms with Crippen LogP contribution in [0.3, 0.4) is 0 Å². The van der Waals surface area contributed by atoms with Gasteiger partial charge in [0.05, 0.1) is 11.6 Å². The van der Waals surface area contributed by atoms with Gasteiger partial charge in [-0.25, -0.2) is 0 Å². The lowest BCUT2D eigenvalue weighted by Crippen LogP contribution is -2.59. The zero-order chi connectivity index (χ0) is 17.0. The maximum Gasteiger partial charge on any atom is 0.226 e. The first kappa shape index (κ1) is 16.2. The number of carbonyl (C=O) groups excluding carboxylic acids is 1. The zero-order valence-corrected chi connectivity index (χ0v) is 15.4. The first-order valence-electron chi connectivity index (χ1n) is 9.57. The van der Waals surface area contributed by atoms with E-state index >= 15 is 0 Å². The Morgan fingerprint density at radius 3 is 2.54 bits per heavy atom. The Labute approximate surface area is 145 Å². The molecule has 0 aliphatic heterocycles. The molecule has 1 amide bonds. The first-order valence-corrected chi connectivity index (χ1v) is 9.57. The highest BCUT2D eigenvalue weighted by Gasteiger charge is 2.62. The van der Waals surface area contributed by atoms with Crippen molar-refractivity contribution < 1.29 is 4.79 Å². The number of nitrogens with zero attached hydrogens (tertiary/aromatic N) is 2. The molecule has 0 spiro atoms. The van der Waals surface area contributed by atoms with Gasteiger partial charge >= 0.3 is 0 Å². The summed E-state index contributed by atoms with van der Waals surface area (Å²) in [5, 5.41) is 7.58. The maximum atomic E-state index is 13.1. The Morgan fingerprint density at radius 2 is 1.96 bits per heavy atom. The van der Waals surface area contributed by atoms with E-state index in [0.29, 0.717) is 16.7 Å². The standard InChI is InChI=1S/C20H31N3O/c1-15-10-22-23(11-15)6-4-5-21-17(24)20-9-16-7-18(2,13-20)12-19(3,8-16)14-20/h10-11,16H,4-9,12-14H2,1-3H3,(H,21,24). The quantitative estimate of drug-likeness (QED) is 0.837. The highest BCUT2D eigenvalue weighted by atomic mass is 16.2. The number of aryl methyl sites for hydroxylation is 2. The number of hydrogen-bond donors (Lipinski definition) is 1. The van der Waals surface area contributed by atoms with Gasteiger partial charge in [-0.3, -0.25) is 9.48 Å². The van der Waals surface area contributed by atoms with E-state index in [2.05, 4.69) is 37.4 Å². The minimum atomic E-state index is -0.0782. The first-order chi connectivity index (χ1) is 11.3. The van der Waals surface area contributed by atoms with Crippen molar-refractivity contribution in [3.63, 3.8) is 0 Å². The Kier molecular flexibility index (Phi) is 3.59. The summed E-state index contributed by atoms with van der Waals surface area (Å²) in [5.74, 6) is 1.11. The van der Waals surface area contributed by atoms with Crippen molar-refractivity contribution in [1.29, 1.82) is 0 Å². The summed E-state index contributed by atoms with van der Waals surface area (Å²) in [7, 11) is 0. The van der Waals surface area contributed by atoms with Crippen LogP contribution in [0.4, 0.5) is 0 Å². The normalized spacial score (nSPS) is 40.0. The van der Waals surface area contributed by atoms with Gasteiger partial charge in [0.2, 0.25) is 5.91 Å². The van der Waals surface area contributed by atoms with Crippen molar-refractivity contribution in [3.8, 4) is 0 Å². The second-order valence-electron chi connectivity index (χ2n) is 9.80. The minimum absolute atomic E-state index is 0.0782. The molecule has 1 aromatic heterocycles. The zero-order valence-electron chi connectivity index (χ0n) is 15.4. The van der Waals surface area contributed by atoms with Gasteiger partial charge in [-0.2, -0.15) is 5.10 Å². The summed E-state index contributed by atoms with van der Waals surface area (Å²) in [4.78, 5) is 13.1. The van der Waals surface area contributed by atoms with Crippen LogP contribution in [-0.4, -0.2) is 22.2 Å². The summed E-state index contributed by atoms with van der Waals surface area (Å²) in [6, 6.07) is 0. The highest BCUT2D eigenvalue weighted by molar-refractivity contribution is 5.83. The fourth-order valence-electron chi connectivity index (χ4n) is 6.92. The second kappa shape index (κ2) is 5.34. The molecule has 4 fully saturated rings. The van der Waals surface area contributed by atoms with Crippen molar-refractivity contribution in [3.05, 3.63) is 18.0 Å². The van der Waals surface area contributed by atoms with Crippen LogP contribution in [0.1, 0.15) is 64.4 Å². The van der Waals surface area contributed by atoms with Gasteiger partial charge < -0.3 is 5.32 Å². The molecule has 2 unspecified atom stereocenters. The lowest BCUT2D eigenvalue weighted by Gasteiger charge is -2.64. The third-order valence-corrected chi connectivity index (χ3v) is 6.72. The predicted octanol–water partition coefficient (Wildman–Crippen LogP) is 3.69. The predicted molar refractivity (Wildman–Crippen MR) is 94.4 cm³/mol. The van der Waals surface area contributed by atoms with Crippen LogP contribution in [0.15, 0.2) is 12.4 Å². The summed E-state index contributed by atoms with van der Waals surface area (Å²) in [5.41, 5.74) is 1.91. The third kappa shape index (κ3) is 2.78. The molecule has 5 rings (SSSR count). The SMILES string of the molecule is Cc1cnn(CCCNC(=O)C23CC4CC(C)(CC(C)(C4)C2)C3)c1. The smallest absolute Gasteiger partial charge is 0.226 e. The van der Waals surface area contributed by atoms with Crippen molar-refractivity contribution in [1.82, 2.24) is 15.1 Å². The van der Waals surface area contributed by atoms with E-state index < -0.39 is 0 Å². The number of aromatic nitrogens is 2. The fraction of sp³-hybridized carbons (Fsp3) is 0.800. The number of amides is 1. The fourth-order valence-corrected chi connectivity index (χ4v) is 6.92. The molecule has 4 aliphatic carbocycles. The monoisotopic (exact) mass is 329 g/mol. The van der Waals surface area contributed by atoms with Gasteiger partial charge in [-0.05, 0) is 74.2 Å². The van der Waals surface area contributed by atoms with Gasteiger partial charge in [0.1, 0.15) is 0 Å². The molecule has 1 aromatic rings. The van der Waals surface area contributed by atoms with Gasteiger partial charge in [-0.1, -0.05) is 13.8 Å². The lowest BCUT2D eigenvalue weighted by atomic mass is 9.40. The van der Waals surface area contributed by atoms with E-state index in [1.54, 1.807) is 0 Å². The molecule has 1 N–H and O–H groups in total.